The zero-order valence-electron chi connectivity index (χ0n) is 8.84. The summed E-state index contributed by atoms with van der Waals surface area (Å²) in [6, 6.07) is 0.822. The van der Waals surface area contributed by atoms with Crippen molar-refractivity contribution in [1.29, 1.82) is 0 Å². The second-order valence-corrected chi connectivity index (χ2v) is 4.36. The van der Waals surface area contributed by atoms with Crippen LogP contribution in [0.25, 0.3) is 0 Å². The van der Waals surface area contributed by atoms with Gasteiger partial charge in [0.05, 0.1) is 0 Å². The molecule has 12 heavy (non-hydrogen) atoms. The van der Waals surface area contributed by atoms with Crippen LogP contribution in [0.3, 0.4) is 0 Å². The molecule has 0 aromatic carbocycles. The Kier molecular flexibility index (Phi) is 4.13. The molecule has 1 nitrogen and oxygen atoms in total. The molecule has 1 heterocycles. The maximum Gasteiger partial charge on any atom is 0.105 e. The lowest BCUT2D eigenvalue weighted by Crippen LogP contribution is -2.38. The SMILES string of the molecule is BC1CCN(C(C)CCC)CC1. The van der Waals surface area contributed by atoms with E-state index >= 15 is 0 Å². The zero-order valence-corrected chi connectivity index (χ0v) is 8.84. The molecule has 1 atom stereocenters. The van der Waals surface area contributed by atoms with Crippen LogP contribution >= 0.6 is 0 Å². The monoisotopic (exact) mass is 167 g/mol. The third-order valence-corrected chi connectivity index (χ3v) is 3.15. The van der Waals surface area contributed by atoms with Gasteiger partial charge in [-0.1, -0.05) is 19.2 Å². The summed E-state index contributed by atoms with van der Waals surface area (Å²) in [5.41, 5.74) is 0. The lowest BCUT2D eigenvalue weighted by molar-refractivity contribution is 0.166. The minimum atomic E-state index is 0.822. The van der Waals surface area contributed by atoms with E-state index in [-0.39, 0.29) is 0 Å². The summed E-state index contributed by atoms with van der Waals surface area (Å²) in [4.78, 5) is 2.66. The Balaban J connectivity index is 2.24. The third kappa shape index (κ3) is 2.82. The lowest BCUT2D eigenvalue weighted by Gasteiger charge is -2.34. The average molecular weight is 167 g/mol. The summed E-state index contributed by atoms with van der Waals surface area (Å²) in [6.07, 6.45) is 5.52. The van der Waals surface area contributed by atoms with Crippen molar-refractivity contribution in [3.05, 3.63) is 0 Å². The Morgan fingerprint density at radius 2 is 2.00 bits per heavy atom. The molecule has 0 spiro atoms. The Bertz CT molecular complexity index is 119. The molecule has 1 rings (SSSR count). The van der Waals surface area contributed by atoms with Crippen LogP contribution in [0.15, 0.2) is 0 Å². The molecular weight excluding hydrogens is 145 g/mol. The van der Waals surface area contributed by atoms with Crippen molar-refractivity contribution in [3.63, 3.8) is 0 Å². The van der Waals surface area contributed by atoms with Crippen LogP contribution in [-0.4, -0.2) is 31.9 Å². The molecule has 0 aliphatic carbocycles. The van der Waals surface area contributed by atoms with Gasteiger partial charge >= 0.3 is 0 Å². The van der Waals surface area contributed by atoms with Crippen molar-refractivity contribution in [1.82, 2.24) is 4.90 Å². The van der Waals surface area contributed by atoms with E-state index in [0.29, 0.717) is 0 Å². The van der Waals surface area contributed by atoms with Crippen molar-refractivity contribution in [2.24, 2.45) is 0 Å². The minimum Gasteiger partial charge on any atom is -0.301 e. The van der Waals surface area contributed by atoms with Crippen molar-refractivity contribution >= 4 is 7.85 Å². The Morgan fingerprint density at radius 1 is 1.42 bits per heavy atom. The van der Waals surface area contributed by atoms with Crippen LogP contribution < -0.4 is 0 Å². The summed E-state index contributed by atoms with van der Waals surface area (Å²) >= 11 is 0. The quantitative estimate of drug-likeness (QED) is 0.578. The average Bonchev–Trinajstić information content (AvgIpc) is 2.06. The molecule has 0 amide bonds. The van der Waals surface area contributed by atoms with Gasteiger partial charge in [0.15, 0.2) is 0 Å². The van der Waals surface area contributed by atoms with E-state index in [9.17, 15) is 0 Å². The summed E-state index contributed by atoms with van der Waals surface area (Å²) in [5, 5.41) is 0. The number of rotatable bonds is 3. The van der Waals surface area contributed by atoms with Gasteiger partial charge in [-0.2, -0.15) is 0 Å². The summed E-state index contributed by atoms with van der Waals surface area (Å²) in [7, 11) is 2.38. The zero-order chi connectivity index (χ0) is 8.97. The molecule has 0 aromatic heterocycles. The molecule has 0 bridgehead atoms. The topological polar surface area (TPSA) is 3.24 Å². The number of hydrogen-bond donors (Lipinski definition) is 0. The second-order valence-electron chi connectivity index (χ2n) is 4.36. The van der Waals surface area contributed by atoms with Gasteiger partial charge in [0.25, 0.3) is 0 Å². The summed E-state index contributed by atoms with van der Waals surface area (Å²) in [6.45, 7) is 7.33. The van der Waals surface area contributed by atoms with Gasteiger partial charge in [0, 0.05) is 6.04 Å². The molecule has 2 heteroatoms. The van der Waals surface area contributed by atoms with Crippen LogP contribution in [0, 0.1) is 0 Å². The predicted octanol–water partition coefficient (Wildman–Crippen LogP) is 1.69. The molecule has 0 N–H and O–H groups in total. The number of likely N-dealkylation sites (tertiary alicyclic amines) is 1. The van der Waals surface area contributed by atoms with E-state index in [1.54, 1.807) is 0 Å². The van der Waals surface area contributed by atoms with E-state index in [0.717, 1.165) is 11.9 Å². The van der Waals surface area contributed by atoms with E-state index in [4.69, 9.17) is 0 Å². The van der Waals surface area contributed by atoms with Crippen LogP contribution in [0.5, 0.6) is 0 Å². The van der Waals surface area contributed by atoms with Gasteiger partial charge in [-0.25, -0.2) is 0 Å². The fraction of sp³-hybridized carbons (Fsp3) is 1.00. The highest BCUT2D eigenvalue weighted by atomic mass is 15.1. The van der Waals surface area contributed by atoms with Gasteiger partial charge < -0.3 is 4.90 Å². The minimum absolute atomic E-state index is 0.822. The number of hydrogen-bond acceptors (Lipinski definition) is 1. The fourth-order valence-electron chi connectivity index (χ4n) is 2.07. The molecule has 1 aliphatic rings. The summed E-state index contributed by atoms with van der Waals surface area (Å²) in [5.74, 6) is 0.968. The maximum absolute atomic E-state index is 2.66. The van der Waals surface area contributed by atoms with Crippen LogP contribution in [0.4, 0.5) is 0 Å². The Hall–Kier alpha value is 0.0249. The molecule has 1 fully saturated rings. The predicted molar refractivity (Wildman–Crippen MR) is 57.5 cm³/mol. The Labute approximate surface area is 77.9 Å². The van der Waals surface area contributed by atoms with Crippen LogP contribution in [0.2, 0.25) is 5.82 Å². The van der Waals surface area contributed by atoms with Gasteiger partial charge in [0.1, 0.15) is 7.85 Å². The highest BCUT2D eigenvalue weighted by Crippen LogP contribution is 2.21. The lowest BCUT2D eigenvalue weighted by atomic mass is 9.79. The molecule has 1 unspecified atom stereocenters. The maximum atomic E-state index is 2.66. The normalized spacial score (nSPS) is 24.2. The number of nitrogens with zero attached hydrogens (tertiary/aromatic N) is 1. The first-order valence-corrected chi connectivity index (χ1v) is 5.48. The van der Waals surface area contributed by atoms with Crippen molar-refractivity contribution in [2.45, 2.75) is 51.4 Å². The molecule has 0 aromatic rings. The van der Waals surface area contributed by atoms with E-state index in [1.165, 1.54) is 38.8 Å². The van der Waals surface area contributed by atoms with Crippen LogP contribution in [0.1, 0.15) is 39.5 Å². The first kappa shape index (κ1) is 10.1. The smallest absolute Gasteiger partial charge is 0.105 e. The highest BCUT2D eigenvalue weighted by Gasteiger charge is 2.19. The largest absolute Gasteiger partial charge is 0.301 e. The second kappa shape index (κ2) is 4.91. The number of piperidine rings is 1. The van der Waals surface area contributed by atoms with Crippen molar-refractivity contribution in [3.8, 4) is 0 Å². The first-order chi connectivity index (χ1) is 5.74. The molecule has 0 saturated carbocycles. The van der Waals surface area contributed by atoms with Gasteiger partial charge in [-0.05, 0) is 39.3 Å². The van der Waals surface area contributed by atoms with Crippen molar-refractivity contribution < 1.29 is 0 Å². The van der Waals surface area contributed by atoms with E-state index in [1.807, 2.05) is 0 Å². The van der Waals surface area contributed by atoms with Gasteiger partial charge in [0.2, 0.25) is 0 Å². The van der Waals surface area contributed by atoms with Crippen LogP contribution in [-0.2, 0) is 0 Å². The molecule has 1 aliphatic heterocycles. The molecular formula is C10H22BN. The van der Waals surface area contributed by atoms with Crippen molar-refractivity contribution in [2.75, 3.05) is 13.1 Å². The first-order valence-electron chi connectivity index (χ1n) is 5.48. The third-order valence-electron chi connectivity index (χ3n) is 3.15. The Morgan fingerprint density at radius 3 is 2.50 bits per heavy atom. The molecule has 1 saturated heterocycles. The summed E-state index contributed by atoms with van der Waals surface area (Å²) < 4.78 is 0. The standard InChI is InChI=1S/C10H22BN/c1-3-4-9(2)12-7-5-10(11)6-8-12/h9-10H,3-8,11H2,1-2H3. The van der Waals surface area contributed by atoms with Gasteiger partial charge in [-0.3, -0.25) is 0 Å². The molecule has 0 radical (unpaired) electrons. The fourth-order valence-corrected chi connectivity index (χ4v) is 2.07. The van der Waals surface area contributed by atoms with E-state index < -0.39 is 0 Å². The van der Waals surface area contributed by atoms with E-state index in [2.05, 4.69) is 26.6 Å². The highest BCUT2D eigenvalue weighted by molar-refractivity contribution is 6.11. The molecule has 70 valence electrons. The van der Waals surface area contributed by atoms with Gasteiger partial charge in [-0.15, -0.1) is 0 Å².